The van der Waals surface area contributed by atoms with Gasteiger partial charge in [-0.3, -0.25) is 14.2 Å². The third-order valence-corrected chi connectivity index (χ3v) is 3.98. The van der Waals surface area contributed by atoms with E-state index >= 15 is 0 Å². The van der Waals surface area contributed by atoms with Crippen molar-refractivity contribution in [1.82, 2.24) is 24.6 Å². The van der Waals surface area contributed by atoms with Crippen LogP contribution in [-0.2, 0) is 11.3 Å². The Morgan fingerprint density at radius 2 is 2.11 bits per heavy atom. The smallest absolute Gasteiger partial charge is 0.266 e. The van der Waals surface area contributed by atoms with Gasteiger partial charge in [0, 0.05) is 31.1 Å². The maximum absolute atomic E-state index is 12.0. The van der Waals surface area contributed by atoms with E-state index in [0.29, 0.717) is 23.1 Å². The lowest BCUT2D eigenvalue weighted by Gasteiger charge is -2.10. The van der Waals surface area contributed by atoms with Crippen molar-refractivity contribution in [1.29, 1.82) is 0 Å². The second-order valence-electron chi connectivity index (χ2n) is 5.88. The van der Waals surface area contributed by atoms with Crippen molar-refractivity contribution in [2.24, 2.45) is 0 Å². The van der Waals surface area contributed by atoms with E-state index in [-0.39, 0.29) is 38.0 Å². The monoisotopic (exact) mass is 383 g/mol. The molecule has 0 saturated carbocycles. The average molecular weight is 383 g/mol. The molecule has 0 aliphatic carbocycles. The number of carbonyl (C=O) groups excluding carboxylic acids is 1. The van der Waals surface area contributed by atoms with Crippen molar-refractivity contribution in [2.45, 2.75) is 6.54 Å². The number of carbonyl (C=O) groups is 1. The van der Waals surface area contributed by atoms with E-state index in [9.17, 15) is 9.59 Å². The number of fused-ring (bicyclic) bond motifs is 1. The molecule has 0 bridgehead atoms. The quantitative estimate of drug-likeness (QED) is 0.627. The highest BCUT2D eigenvalue weighted by molar-refractivity contribution is 5.77. The number of aromatic nitrogens is 4. The molecule has 1 amide bonds. The molecule has 1 aromatic carbocycles. The van der Waals surface area contributed by atoms with Gasteiger partial charge in [-0.1, -0.05) is 0 Å². The molecular weight excluding hydrogens is 366 g/mol. The predicted octanol–water partition coefficient (Wildman–Crippen LogP) is 0.353. The predicted molar refractivity (Wildman–Crippen MR) is 96.7 cm³/mol. The summed E-state index contributed by atoms with van der Waals surface area (Å²) in [5.41, 5.74) is -0.255. The lowest BCUT2D eigenvalue weighted by molar-refractivity contribution is -0.123. The third-order valence-electron chi connectivity index (χ3n) is 3.98. The summed E-state index contributed by atoms with van der Waals surface area (Å²) in [5.74, 6) is 1.99. The number of nitrogens with zero attached hydrogens (tertiary/aromatic N) is 4. The molecule has 0 unspecified atom stereocenters. The molecule has 1 aliphatic rings. The minimum absolute atomic E-state index is 0.156. The molecule has 0 saturated heterocycles. The van der Waals surface area contributed by atoms with Crippen LogP contribution in [0.25, 0.3) is 5.82 Å². The van der Waals surface area contributed by atoms with Crippen LogP contribution in [0.3, 0.4) is 0 Å². The first-order valence-electron chi connectivity index (χ1n) is 8.55. The highest BCUT2D eigenvalue weighted by atomic mass is 16.7. The molecule has 1 N–H and O–H groups in total. The van der Waals surface area contributed by atoms with E-state index in [0.717, 1.165) is 0 Å². The number of imidazole rings is 1. The number of hydrogen-bond acceptors (Lipinski definition) is 7. The Balaban J connectivity index is 1.27. The van der Waals surface area contributed by atoms with Crippen LogP contribution in [-0.4, -0.2) is 45.2 Å². The first-order valence-corrected chi connectivity index (χ1v) is 8.55. The average Bonchev–Trinajstić information content (AvgIpc) is 3.39. The number of amides is 1. The van der Waals surface area contributed by atoms with Gasteiger partial charge in [0.2, 0.25) is 6.79 Å². The zero-order chi connectivity index (χ0) is 19.3. The summed E-state index contributed by atoms with van der Waals surface area (Å²) in [6.45, 7) is 0.493. The Morgan fingerprint density at radius 1 is 1.21 bits per heavy atom. The highest BCUT2D eigenvalue weighted by Gasteiger charge is 2.14. The molecule has 10 heteroatoms. The third kappa shape index (κ3) is 3.95. The largest absolute Gasteiger partial charge is 0.484 e. The van der Waals surface area contributed by atoms with Gasteiger partial charge >= 0.3 is 0 Å². The molecule has 0 atom stereocenters. The fraction of sp³-hybridized carbons (Fsp3) is 0.222. The van der Waals surface area contributed by atoms with Crippen LogP contribution < -0.4 is 25.1 Å². The molecule has 0 spiro atoms. The van der Waals surface area contributed by atoms with E-state index in [1.54, 1.807) is 47.6 Å². The van der Waals surface area contributed by atoms with Crippen LogP contribution in [0.1, 0.15) is 0 Å². The Morgan fingerprint density at radius 3 is 2.96 bits per heavy atom. The van der Waals surface area contributed by atoms with Crippen molar-refractivity contribution >= 4 is 5.91 Å². The van der Waals surface area contributed by atoms with Gasteiger partial charge in [0.25, 0.3) is 11.5 Å². The molecule has 0 fully saturated rings. The fourth-order valence-electron chi connectivity index (χ4n) is 2.60. The van der Waals surface area contributed by atoms with E-state index in [4.69, 9.17) is 14.2 Å². The SMILES string of the molecule is O=C(COc1ccc2c(c1)OCO2)NCCn1nc(-n2ccnc2)ccc1=O. The zero-order valence-electron chi connectivity index (χ0n) is 14.8. The topological polar surface area (TPSA) is 110 Å². The van der Waals surface area contributed by atoms with Crippen LogP contribution in [0.4, 0.5) is 0 Å². The van der Waals surface area contributed by atoms with Gasteiger partial charge in [-0.15, -0.1) is 0 Å². The highest BCUT2D eigenvalue weighted by Crippen LogP contribution is 2.34. The molecular formula is C18H17N5O5. The summed E-state index contributed by atoms with van der Waals surface area (Å²) in [7, 11) is 0. The molecule has 2 aromatic heterocycles. The maximum Gasteiger partial charge on any atom is 0.266 e. The minimum atomic E-state index is -0.309. The second-order valence-corrected chi connectivity index (χ2v) is 5.88. The van der Waals surface area contributed by atoms with Gasteiger partial charge in [0.05, 0.1) is 6.54 Å². The van der Waals surface area contributed by atoms with E-state index < -0.39 is 0 Å². The standard InChI is InChI=1S/C18H17N5O5/c24-17(10-26-13-1-2-14-15(9-13)28-12-27-14)20-6-8-23-18(25)4-3-16(21-23)22-7-5-19-11-22/h1-5,7,9,11H,6,8,10,12H2,(H,20,24). The van der Waals surface area contributed by atoms with Gasteiger partial charge in [0.1, 0.15) is 12.1 Å². The van der Waals surface area contributed by atoms with Crippen LogP contribution in [0.5, 0.6) is 17.2 Å². The van der Waals surface area contributed by atoms with Crippen molar-refractivity contribution in [3.63, 3.8) is 0 Å². The summed E-state index contributed by atoms with van der Waals surface area (Å²) in [6, 6.07) is 8.12. The second kappa shape index (κ2) is 7.82. The van der Waals surface area contributed by atoms with Crippen molar-refractivity contribution in [3.8, 4) is 23.1 Å². The zero-order valence-corrected chi connectivity index (χ0v) is 14.8. The Hall–Kier alpha value is -3.82. The fourth-order valence-corrected chi connectivity index (χ4v) is 2.60. The van der Waals surface area contributed by atoms with Crippen molar-refractivity contribution < 1.29 is 19.0 Å². The van der Waals surface area contributed by atoms with Gasteiger partial charge < -0.3 is 19.5 Å². The van der Waals surface area contributed by atoms with Gasteiger partial charge in [-0.05, 0) is 18.2 Å². The summed E-state index contributed by atoms with van der Waals surface area (Å²) < 4.78 is 18.9. The Bertz CT molecular complexity index is 1030. The molecule has 28 heavy (non-hydrogen) atoms. The number of ether oxygens (including phenoxy) is 3. The van der Waals surface area contributed by atoms with Crippen LogP contribution in [0.2, 0.25) is 0 Å². The Labute approximate surface area is 159 Å². The van der Waals surface area contributed by atoms with Crippen molar-refractivity contribution in [3.05, 3.63) is 59.4 Å². The first kappa shape index (κ1) is 17.6. The number of rotatable bonds is 7. The lowest BCUT2D eigenvalue weighted by atomic mass is 10.3. The molecule has 3 aromatic rings. The Kier molecular flexibility index (Phi) is 4.91. The van der Waals surface area contributed by atoms with E-state index in [2.05, 4.69) is 15.4 Å². The van der Waals surface area contributed by atoms with Gasteiger partial charge in [-0.2, -0.15) is 5.10 Å². The summed E-state index contributed by atoms with van der Waals surface area (Å²) in [6.07, 6.45) is 4.94. The van der Waals surface area contributed by atoms with Crippen LogP contribution in [0, 0.1) is 0 Å². The summed E-state index contributed by atoms with van der Waals surface area (Å²) >= 11 is 0. The van der Waals surface area contributed by atoms with E-state index in [1.165, 1.54) is 10.7 Å². The normalized spacial score (nSPS) is 12.0. The summed E-state index contributed by atoms with van der Waals surface area (Å²) in [5, 5.41) is 6.95. The van der Waals surface area contributed by atoms with E-state index in [1.807, 2.05) is 0 Å². The number of hydrogen-bond donors (Lipinski definition) is 1. The van der Waals surface area contributed by atoms with Crippen molar-refractivity contribution in [2.75, 3.05) is 19.9 Å². The molecule has 4 rings (SSSR count). The number of benzene rings is 1. The molecule has 3 heterocycles. The maximum atomic E-state index is 12.0. The minimum Gasteiger partial charge on any atom is -0.484 e. The molecule has 1 aliphatic heterocycles. The van der Waals surface area contributed by atoms with Crippen LogP contribution in [0.15, 0.2) is 53.8 Å². The molecule has 144 valence electrons. The van der Waals surface area contributed by atoms with Gasteiger partial charge in [0.15, 0.2) is 23.9 Å². The first-order chi connectivity index (χ1) is 13.7. The molecule has 10 nitrogen and oxygen atoms in total. The van der Waals surface area contributed by atoms with Crippen LogP contribution >= 0.6 is 0 Å². The number of nitrogens with one attached hydrogen (secondary N) is 1. The van der Waals surface area contributed by atoms with Gasteiger partial charge in [-0.25, -0.2) is 9.67 Å². The lowest BCUT2D eigenvalue weighted by Crippen LogP contribution is -2.34. The molecule has 0 radical (unpaired) electrons. The summed E-state index contributed by atoms with van der Waals surface area (Å²) in [4.78, 5) is 27.9.